The summed E-state index contributed by atoms with van der Waals surface area (Å²) in [6.07, 6.45) is 1.97. The molecule has 0 aromatic heterocycles. The number of piperidine rings is 1. The first-order valence-electron chi connectivity index (χ1n) is 15.5. The molecule has 3 heterocycles. The van der Waals surface area contributed by atoms with Crippen LogP contribution in [-0.2, 0) is 30.7 Å². The molecule has 2 aromatic carbocycles. The Balaban J connectivity index is 1.50. The summed E-state index contributed by atoms with van der Waals surface area (Å²) in [5.74, 6) is 0.645. The lowest BCUT2D eigenvalue weighted by Gasteiger charge is -2.61. The molecule has 1 spiro atoms. The van der Waals surface area contributed by atoms with Crippen molar-refractivity contribution in [3.8, 4) is 5.75 Å². The van der Waals surface area contributed by atoms with Crippen molar-refractivity contribution in [1.29, 1.82) is 0 Å². The summed E-state index contributed by atoms with van der Waals surface area (Å²) in [7, 11) is 2.86. The molecular formula is C34H46N2O5SSi. The van der Waals surface area contributed by atoms with E-state index in [2.05, 4.69) is 81.0 Å². The topological polar surface area (TPSA) is 60.5 Å². The Kier molecular flexibility index (Phi) is 7.51. The van der Waals surface area contributed by atoms with Crippen LogP contribution in [0, 0.1) is 5.92 Å². The largest absolute Gasteiger partial charge is 0.497 e. The van der Waals surface area contributed by atoms with Gasteiger partial charge in [-0.2, -0.15) is 0 Å². The molecule has 7 nitrogen and oxygen atoms in total. The zero-order valence-corrected chi connectivity index (χ0v) is 28.6. The third kappa shape index (κ3) is 4.48. The molecule has 2 aromatic rings. The number of thiocarbonyl (C=S) groups is 1. The SMILES string of the molecule is COC(=O)[C@@]1(O[Si](C)(C)C(C)(C)C)C[C@@H]2C[C@@H](OCc3ccccc3)C(=S)N3CC[C@@]4(c5ccc(OC)cc5N(C)[C@H]41)[C@H]23. The highest BCUT2D eigenvalue weighted by Crippen LogP contribution is 2.65. The first kappa shape index (κ1) is 30.6. The number of hydrogen-bond acceptors (Lipinski definition) is 7. The second kappa shape index (κ2) is 10.6. The summed E-state index contributed by atoms with van der Waals surface area (Å²) in [4.78, 5) is 20.0. The van der Waals surface area contributed by atoms with Crippen molar-refractivity contribution in [2.75, 3.05) is 32.7 Å². The fourth-order valence-electron chi connectivity index (χ4n) is 8.48. The average molecular weight is 623 g/mol. The van der Waals surface area contributed by atoms with Crippen LogP contribution in [0.4, 0.5) is 5.69 Å². The van der Waals surface area contributed by atoms with E-state index in [1.165, 1.54) is 12.7 Å². The van der Waals surface area contributed by atoms with Crippen LogP contribution < -0.4 is 9.64 Å². The third-order valence-electron chi connectivity index (χ3n) is 11.2. The van der Waals surface area contributed by atoms with Gasteiger partial charge in [0.05, 0.1) is 26.9 Å². The van der Waals surface area contributed by atoms with Gasteiger partial charge in [0.15, 0.2) is 13.9 Å². The second-order valence-corrected chi connectivity index (χ2v) is 19.5. The predicted octanol–water partition coefficient (Wildman–Crippen LogP) is 6.10. The van der Waals surface area contributed by atoms with Gasteiger partial charge in [-0.25, -0.2) is 4.79 Å². The van der Waals surface area contributed by atoms with Gasteiger partial charge in [0.25, 0.3) is 0 Å². The number of benzene rings is 2. The lowest BCUT2D eigenvalue weighted by molar-refractivity contribution is -0.174. The Bertz CT molecular complexity index is 1410. The average Bonchev–Trinajstić information content (AvgIpc) is 3.49. The van der Waals surface area contributed by atoms with Gasteiger partial charge in [-0.3, -0.25) is 0 Å². The minimum atomic E-state index is -2.46. The fraction of sp³-hybridized carbons (Fsp3) is 0.588. The zero-order chi connectivity index (χ0) is 30.9. The van der Waals surface area contributed by atoms with Gasteiger partial charge in [0.2, 0.25) is 0 Å². The molecule has 0 N–H and O–H groups in total. The van der Waals surface area contributed by atoms with Crippen molar-refractivity contribution in [3.05, 3.63) is 59.7 Å². The molecule has 9 heteroatoms. The van der Waals surface area contributed by atoms with Crippen LogP contribution in [0.5, 0.6) is 5.75 Å². The normalized spacial score (nSPS) is 31.4. The van der Waals surface area contributed by atoms with Crippen LogP contribution in [0.1, 0.15) is 51.2 Å². The summed E-state index contributed by atoms with van der Waals surface area (Å²) in [6, 6.07) is 16.5. The molecule has 0 radical (unpaired) electrons. The standard InChI is InChI=1S/C34H46N2O5SSi/c1-32(2,3)43(7,8)41-34(31(37)39-6)20-23-18-27(40-21-22-12-10-9-11-13-22)29(42)36-17-16-33(28(23)36)25-15-14-24(38-5)19-26(25)35(4)30(33)34/h9-15,19,23,27-28,30H,16-18,20-21H2,1-8H3/t23-,27+,28-,30+,33+,34+/m0/s1. The molecule has 4 aliphatic rings. The van der Waals surface area contributed by atoms with Crippen molar-refractivity contribution in [2.45, 2.75) is 94.0 Å². The van der Waals surface area contributed by atoms with Gasteiger partial charge in [-0.05, 0) is 60.5 Å². The van der Waals surface area contributed by atoms with Crippen LogP contribution in [0.25, 0.3) is 0 Å². The van der Waals surface area contributed by atoms with Gasteiger partial charge in [0.1, 0.15) is 16.8 Å². The Morgan fingerprint density at radius 3 is 2.49 bits per heavy atom. The molecule has 1 aliphatic carbocycles. The molecule has 2 saturated heterocycles. The quantitative estimate of drug-likeness (QED) is 0.209. The number of ether oxygens (including phenoxy) is 3. The van der Waals surface area contributed by atoms with Crippen molar-refractivity contribution >= 4 is 37.2 Å². The monoisotopic (exact) mass is 622 g/mol. The molecule has 43 heavy (non-hydrogen) atoms. The van der Waals surface area contributed by atoms with Crippen LogP contribution >= 0.6 is 12.2 Å². The number of methoxy groups -OCH3 is 2. The predicted molar refractivity (Wildman–Crippen MR) is 175 cm³/mol. The molecule has 0 unspecified atom stereocenters. The summed E-state index contributed by atoms with van der Waals surface area (Å²) < 4.78 is 25.4. The van der Waals surface area contributed by atoms with Crippen LogP contribution in [0.2, 0.25) is 18.1 Å². The fourth-order valence-corrected chi connectivity index (χ4v) is 10.3. The minimum absolute atomic E-state index is 0.0948. The van der Waals surface area contributed by atoms with Gasteiger partial charge in [-0.15, -0.1) is 0 Å². The first-order chi connectivity index (χ1) is 20.3. The van der Waals surface area contributed by atoms with Gasteiger partial charge in [-0.1, -0.05) is 69.4 Å². The number of carbonyl (C=O) groups is 1. The minimum Gasteiger partial charge on any atom is -0.497 e. The van der Waals surface area contributed by atoms with Crippen LogP contribution in [-0.4, -0.2) is 75.8 Å². The number of esters is 1. The summed E-state index contributed by atoms with van der Waals surface area (Å²) in [6.45, 7) is 12.5. The maximum atomic E-state index is 14.4. The number of carbonyl (C=O) groups excluding carboxylic acids is 1. The van der Waals surface area contributed by atoms with E-state index < -0.39 is 13.9 Å². The number of nitrogens with zero attached hydrogens (tertiary/aromatic N) is 2. The van der Waals surface area contributed by atoms with Gasteiger partial charge >= 0.3 is 5.97 Å². The lowest BCUT2D eigenvalue weighted by atomic mass is 9.54. The zero-order valence-electron chi connectivity index (χ0n) is 26.8. The number of hydrogen-bond donors (Lipinski definition) is 0. The molecule has 0 bridgehead atoms. The molecule has 6 rings (SSSR count). The number of likely N-dealkylation sites (N-methyl/N-ethyl adjacent to an activating group) is 1. The first-order valence-corrected chi connectivity index (χ1v) is 18.8. The Morgan fingerprint density at radius 2 is 1.84 bits per heavy atom. The van der Waals surface area contributed by atoms with Crippen LogP contribution in [0.15, 0.2) is 48.5 Å². The van der Waals surface area contributed by atoms with E-state index in [1.807, 2.05) is 18.2 Å². The van der Waals surface area contributed by atoms with E-state index in [-0.39, 0.29) is 40.5 Å². The van der Waals surface area contributed by atoms with E-state index in [0.717, 1.165) is 41.4 Å². The Morgan fingerprint density at radius 1 is 1.12 bits per heavy atom. The van der Waals surface area contributed by atoms with Crippen molar-refractivity contribution in [2.24, 2.45) is 5.92 Å². The highest BCUT2D eigenvalue weighted by molar-refractivity contribution is 7.80. The second-order valence-electron chi connectivity index (χ2n) is 14.4. The van der Waals surface area contributed by atoms with E-state index in [4.69, 9.17) is 30.9 Å². The highest BCUT2D eigenvalue weighted by Gasteiger charge is 2.75. The van der Waals surface area contributed by atoms with Crippen LogP contribution in [0.3, 0.4) is 0 Å². The van der Waals surface area contributed by atoms with Gasteiger partial charge in [0, 0.05) is 36.8 Å². The summed E-state index contributed by atoms with van der Waals surface area (Å²) >= 11 is 6.20. The molecule has 0 amide bonds. The molecule has 3 fully saturated rings. The smallest absolute Gasteiger partial charge is 0.339 e. The highest BCUT2D eigenvalue weighted by atomic mass is 32.1. The van der Waals surface area contributed by atoms with E-state index >= 15 is 0 Å². The van der Waals surface area contributed by atoms with E-state index in [0.29, 0.717) is 13.0 Å². The molecule has 232 valence electrons. The summed E-state index contributed by atoms with van der Waals surface area (Å²) in [5.41, 5.74) is 1.94. The van der Waals surface area contributed by atoms with Crippen molar-refractivity contribution < 1.29 is 23.4 Å². The van der Waals surface area contributed by atoms with Crippen molar-refractivity contribution in [1.82, 2.24) is 4.90 Å². The molecular weight excluding hydrogens is 577 g/mol. The maximum Gasteiger partial charge on any atom is 0.339 e. The summed E-state index contributed by atoms with van der Waals surface area (Å²) in [5, 5.41) is -0.0948. The van der Waals surface area contributed by atoms with Gasteiger partial charge < -0.3 is 28.4 Å². The van der Waals surface area contributed by atoms with E-state index in [9.17, 15) is 4.79 Å². The third-order valence-corrected chi connectivity index (χ3v) is 16.2. The number of anilines is 1. The maximum absolute atomic E-state index is 14.4. The Labute approximate surface area is 262 Å². The lowest BCUT2D eigenvalue weighted by Crippen LogP contribution is -2.75. The number of fused-ring (bicyclic) bond motifs is 1. The molecule has 1 saturated carbocycles. The molecule has 6 atom stereocenters. The molecule has 3 aliphatic heterocycles. The Hall–Kier alpha value is -2.46. The number of rotatable bonds is 7. The van der Waals surface area contributed by atoms with E-state index in [1.54, 1.807) is 7.11 Å². The van der Waals surface area contributed by atoms with Crippen molar-refractivity contribution in [3.63, 3.8) is 0 Å².